The monoisotopic (exact) mass is 319 g/mol. The summed E-state index contributed by atoms with van der Waals surface area (Å²) in [5.74, 6) is -0.0353. The topological polar surface area (TPSA) is 33.1 Å². The van der Waals surface area contributed by atoms with Crippen LogP contribution >= 0.6 is 15.9 Å². The molecular weight excluding hydrogens is 304 g/mol. The van der Waals surface area contributed by atoms with Gasteiger partial charge in [0.2, 0.25) is 0 Å². The van der Waals surface area contributed by atoms with E-state index in [4.69, 9.17) is 10.1 Å². The van der Waals surface area contributed by atoms with Crippen LogP contribution in [0.5, 0.6) is 5.75 Å². The summed E-state index contributed by atoms with van der Waals surface area (Å²) in [5, 5.41) is 7.31. The highest BCUT2D eigenvalue weighted by molar-refractivity contribution is 9.10. The van der Waals surface area contributed by atoms with Gasteiger partial charge >= 0.3 is 0 Å². The Labute approximate surface area is 114 Å². The van der Waals surface area contributed by atoms with Crippen LogP contribution in [0.2, 0.25) is 0 Å². The molecular formula is C13H16BrF2NO. The van der Waals surface area contributed by atoms with Gasteiger partial charge < -0.3 is 10.1 Å². The molecule has 1 aromatic rings. The standard InChI is InChI=1S/C13H16BrF2NO/c1-9(17)3-2-4-10-7-11(14)13(8-12(10)16)18-6-5-15/h7-8,17H,2-6H2,1H3. The number of rotatable bonds is 7. The summed E-state index contributed by atoms with van der Waals surface area (Å²) in [4.78, 5) is 0. The number of benzene rings is 1. The zero-order valence-electron chi connectivity index (χ0n) is 10.2. The van der Waals surface area contributed by atoms with Crippen molar-refractivity contribution in [3.8, 4) is 5.75 Å². The van der Waals surface area contributed by atoms with Crippen molar-refractivity contribution in [2.24, 2.45) is 0 Å². The molecule has 1 N–H and O–H groups in total. The van der Waals surface area contributed by atoms with E-state index in [-0.39, 0.29) is 12.4 Å². The molecule has 1 aromatic carbocycles. The molecule has 0 saturated carbocycles. The number of hydrogen-bond acceptors (Lipinski definition) is 2. The first-order valence-corrected chi connectivity index (χ1v) is 6.54. The molecule has 0 heterocycles. The maximum atomic E-state index is 13.7. The number of alkyl halides is 1. The highest BCUT2D eigenvalue weighted by Crippen LogP contribution is 2.29. The van der Waals surface area contributed by atoms with Crippen molar-refractivity contribution in [3.63, 3.8) is 0 Å². The molecule has 0 aliphatic rings. The van der Waals surface area contributed by atoms with Gasteiger partial charge in [-0.3, -0.25) is 0 Å². The number of nitrogens with one attached hydrogen (secondary N) is 1. The predicted molar refractivity (Wildman–Crippen MR) is 71.9 cm³/mol. The van der Waals surface area contributed by atoms with Gasteiger partial charge in [-0.2, -0.15) is 0 Å². The second kappa shape index (κ2) is 7.46. The van der Waals surface area contributed by atoms with Crippen LogP contribution in [0.1, 0.15) is 25.3 Å². The van der Waals surface area contributed by atoms with E-state index in [2.05, 4.69) is 15.9 Å². The third-order valence-electron chi connectivity index (χ3n) is 2.43. The molecule has 5 heteroatoms. The molecule has 100 valence electrons. The minimum Gasteiger partial charge on any atom is -0.490 e. The molecule has 0 atom stereocenters. The van der Waals surface area contributed by atoms with E-state index in [0.29, 0.717) is 34.3 Å². The van der Waals surface area contributed by atoms with E-state index in [9.17, 15) is 8.78 Å². The average molecular weight is 320 g/mol. The van der Waals surface area contributed by atoms with Crippen LogP contribution in [0.3, 0.4) is 0 Å². The fourth-order valence-electron chi connectivity index (χ4n) is 1.56. The van der Waals surface area contributed by atoms with Gasteiger partial charge in [-0.1, -0.05) is 0 Å². The molecule has 0 bridgehead atoms. The van der Waals surface area contributed by atoms with E-state index in [1.54, 1.807) is 13.0 Å². The summed E-state index contributed by atoms with van der Waals surface area (Å²) >= 11 is 3.28. The first kappa shape index (κ1) is 15.1. The molecule has 0 spiro atoms. The van der Waals surface area contributed by atoms with E-state index in [1.807, 2.05) is 0 Å². The summed E-state index contributed by atoms with van der Waals surface area (Å²) in [6.07, 6.45) is 1.98. The fraction of sp³-hybridized carbons (Fsp3) is 0.462. The van der Waals surface area contributed by atoms with Crippen molar-refractivity contribution < 1.29 is 13.5 Å². The fourth-order valence-corrected chi connectivity index (χ4v) is 2.07. The smallest absolute Gasteiger partial charge is 0.136 e. The Bertz CT molecular complexity index is 424. The van der Waals surface area contributed by atoms with Gasteiger partial charge in [-0.25, -0.2) is 8.78 Å². The Kier molecular flexibility index (Phi) is 6.25. The van der Waals surface area contributed by atoms with Crippen LogP contribution in [-0.2, 0) is 6.42 Å². The lowest BCUT2D eigenvalue weighted by Crippen LogP contribution is -2.01. The van der Waals surface area contributed by atoms with Crippen LogP contribution in [0.4, 0.5) is 8.78 Å². The van der Waals surface area contributed by atoms with Crippen LogP contribution in [0.25, 0.3) is 0 Å². The van der Waals surface area contributed by atoms with Crippen LogP contribution in [0, 0.1) is 11.2 Å². The van der Waals surface area contributed by atoms with Gasteiger partial charge in [0.25, 0.3) is 0 Å². The first-order chi connectivity index (χ1) is 8.54. The Morgan fingerprint density at radius 2 is 2.17 bits per heavy atom. The summed E-state index contributed by atoms with van der Waals surface area (Å²) in [6, 6.07) is 2.93. The van der Waals surface area contributed by atoms with Crippen molar-refractivity contribution in [3.05, 3.63) is 28.0 Å². The molecule has 2 nitrogen and oxygen atoms in total. The zero-order valence-corrected chi connectivity index (χ0v) is 11.8. The normalized spacial score (nSPS) is 10.4. The highest BCUT2D eigenvalue weighted by atomic mass is 79.9. The lowest BCUT2D eigenvalue weighted by Gasteiger charge is -2.10. The number of halogens is 3. The SMILES string of the molecule is CC(=N)CCCc1cc(Br)c(OCCF)cc1F. The summed E-state index contributed by atoms with van der Waals surface area (Å²) in [5.41, 5.74) is 1.17. The van der Waals surface area contributed by atoms with Gasteiger partial charge in [0.1, 0.15) is 24.8 Å². The maximum Gasteiger partial charge on any atom is 0.136 e. The number of ether oxygens (including phenoxy) is 1. The Morgan fingerprint density at radius 1 is 1.44 bits per heavy atom. The third-order valence-corrected chi connectivity index (χ3v) is 3.05. The van der Waals surface area contributed by atoms with Gasteiger partial charge in [-0.15, -0.1) is 0 Å². The Morgan fingerprint density at radius 3 is 2.78 bits per heavy atom. The molecule has 0 aliphatic heterocycles. The number of aryl methyl sites for hydroxylation is 1. The second-order valence-corrected chi connectivity index (χ2v) is 4.90. The molecule has 0 aliphatic carbocycles. The van der Waals surface area contributed by atoms with Crippen LogP contribution in [-0.4, -0.2) is 19.0 Å². The van der Waals surface area contributed by atoms with Crippen molar-refractivity contribution >= 4 is 21.6 Å². The van der Waals surface area contributed by atoms with Crippen molar-refractivity contribution in [1.82, 2.24) is 0 Å². The lowest BCUT2D eigenvalue weighted by molar-refractivity contribution is 0.270. The molecule has 0 amide bonds. The van der Waals surface area contributed by atoms with Gasteiger partial charge in [0, 0.05) is 11.8 Å². The molecule has 1 rings (SSSR count). The molecule has 0 aromatic heterocycles. The Balaban J connectivity index is 2.70. The van der Waals surface area contributed by atoms with E-state index < -0.39 is 6.67 Å². The first-order valence-electron chi connectivity index (χ1n) is 5.75. The maximum absolute atomic E-state index is 13.7. The molecule has 0 saturated heterocycles. The summed E-state index contributed by atoms with van der Waals surface area (Å²) in [7, 11) is 0. The van der Waals surface area contributed by atoms with E-state index in [0.717, 1.165) is 6.42 Å². The van der Waals surface area contributed by atoms with Crippen LogP contribution < -0.4 is 4.74 Å². The summed E-state index contributed by atoms with van der Waals surface area (Å²) < 4.78 is 31.4. The van der Waals surface area contributed by atoms with Gasteiger partial charge in [0.05, 0.1) is 4.47 Å². The van der Waals surface area contributed by atoms with E-state index >= 15 is 0 Å². The minimum atomic E-state index is -0.603. The largest absolute Gasteiger partial charge is 0.490 e. The van der Waals surface area contributed by atoms with Gasteiger partial charge in [-0.05, 0) is 53.7 Å². The van der Waals surface area contributed by atoms with Crippen molar-refractivity contribution in [2.75, 3.05) is 13.3 Å². The highest BCUT2D eigenvalue weighted by Gasteiger charge is 2.09. The number of hydrogen-bond donors (Lipinski definition) is 1. The van der Waals surface area contributed by atoms with Crippen LogP contribution in [0.15, 0.2) is 16.6 Å². The van der Waals surface area contributed by atoms with Gasteiger partial charge in [0.15, 0.2) is 0 Å². The lowest BCUT2D eigenvalue weighted by atomic mass is 10.1. The zero-order chi connectivity index (χ0) is 13.5. The van der Waals surface area contributed by atoms with E-state index in [1.165, 1.54) is 6.07 Å². The molecule has 0 unspecified atom stereocenters. The minimum absolute atomic E-state index is 0.0790. The summed E-state index contributed by atoms with van der Waals surface area (Å²) in [6.45, 7) is 1.05. The Hall–Kier alpha value is -0.970. The molecule has 0 fully saturated rings. The second-order valence-electron chi connectivity index (χ2n) is 4.05. The van der Waals surface area contributed by atoms with Crippen molar-refractivity contribution in [1.29, 1.82) is 5.41 Å². The quantitative estimate of drug-likeness (QED) is 0.747. The third kappa shape index (κ3) is 4.72. The molecule has 18 heavy (non-hydrogen) atoms. The average Bonchev–Trinajstić information content (AvgIpc) is 2.31. The molecule has 0 radical (unpaired) electrons. The predicted octanol–water partition coefficient (Wildman–Crippen LogP) is 4.30. The van der Waals surface area contributed by atoms with Crippen molar-refractivity contribution in [2.45, 2.75) is 26.2 Å².